The van der Waals surface area contributed by atoms with E-state index in [2.05, 4.69) is 34.8 Å². The maximum Gasteiger partial charge on any atom is 0.247 e. The number of aliphatic hydroxyl groups is 2. The summed E-state index contributed by atoms with van der Waals surface area (Å²) in [5, 5.41) is 24.0. The molecule has 10 heteroatoms. The molecular formula is C36H55IN2O7. The summed E-state index contributed by atoms with van der Waals surface area (Å²) in [6.45, 7) is 2.12. The lowest BCUT2D eigenvalue weighted by molar-refractivity contribution is -0.142. The van der Waals surface area contributed by atoms with Gasteiger partial charge in [-0.25, -0.2) is 0 Å². The molecule has 0 heterocycles. The van der Waals surface area contributed by atoms with Crippen molar-refractivity contribution < 1.29 is 34.1 Å². The molecule has 0 spiro atoms. The summed E-state index contributed by atoms with van der Waals surface area (Å²) in [5.74, 6) is 0.360. The van der Waals surface area contributed by atoms with E-state index in [9.17, 15) is 24.6 Å². The minimum Gasteiger partial charge on any atom is -0.493 e. The largest absolute Gasteiger partial charge is 0.493 e. The van der Waals surface area contributed by atoms with Gasteiger partial charge in [0.15, 0.2) is 11.5 Å². The van der Waals surface area contributed by atoms with Crippen LogP contribution in [0.15, 0.2) is 23.8 Å². The number of benzene rings is 1. The summed E-state index contributed by atoms with van der Waals surface area (Å²) in [6, 6.07) is 2.57. The van der Waals surface area contributed by atoms with Crippen LogP contribution < -0.4 is 14.8 Å². The zero-order valence-corrected chi connectivity index (χ0v) is 30.0. The van der Waals surface area contributed by atoms with Crippen LogP contribution in [0.5, 0.6) is 11.5 Å². The number of hydrogen-bond acceptors (Lipinski definition) is 7. The van der Waals surface area contributed by atoms with E-state index >= 15 is 0 Å². The maximum absolute atomic E-state index is 14.1. The number of rotatable bonds is 19. The molecule has 1 aromatic rings. The SMILES string of the molecule is CCCCCCCCCCCC(=O)N(C1CCCCCC1)C1CC(C(=O)NCCO)=CC(Oc2c(I)cc(C=O)cc2OC)C1O. The number of aliphatic hydroxyl groups excluding tert-OH is 2. The summed E-state index contributed by atoms with van der Waals surface area (Å²) < 4.78 is 12.5. The summed E-state index contributed by atoms with van der Waals surface area (Å²) in [6.07, 6.45) is 17.4. The second kappa shape index (κ2) is 20.9. The Kier molecular flexibility index (Phi) is 17.4. The number of nitrogens with zero attached hydrogens (tertiary/aromatic N) is 1. The first kappa shape index (κ1) is 38.3. The lowest BCUT2D eigenvalue weighted by Crippen LogP contribution is -2.58. The van der Waals surface area contributed by atoms with E-state index in [1.54, 1.807) is 18.2 Å². The Balaban J connectivity index is 1.86. The molecule has 0 saturated heterocycles. The molecule has 46 heavy (non-hydrogen) atoms. The summed E-state index contributed by atoms with van der Waals surface area (Å²) >= 11 is 2.06. The van der Waals surface area contributed by atoms with Crippen LogP contribution in [0.25, 0.3) is 0 Å². The summed E-state index contributed by atoms with van der Waals surface area (Å²) in [5.41, 5.74) is 0.832. The van der Waals surface area contributed by atoms with Gasteiger partial charge in [-0.15, -0.1) is 0 Å². The smallest absolute Gasteiger partial charge is 0.247 e. The van der Waals surface area contributed by atoms with E-state index in [-0.39, 0.29) is 37.4 Å². The van der Waals surface area contributed by atoms with E-state index in [1.807, 2.05) is 4.90 Å². The quantitative estimate of drug-likeness (QED) is 0.0638. The van der Waals surface area contributed by atoms with Crippen molar-refractivity contribution in [2.75, 3.05) is 20.3 Å². The molecule has 1 saturated carbocycles. The fourth-order valence-corrected chi connectivity index (χ4v) is 7.47. The van der Waals surface area contributed by atoms with Gasteiger partial charge >= 0.3 is 0 Å². The first-order chi connectivity index (χ1) is 22.3. The normalized spacial score (nSPS) is 20.4. The van der Waals surface area contributed by atoms with Crippen LogP contribution in [0.4, 0.5) is 0 Å². The van der Waals surface area contributed by atoms with Crippen LogP contribution in [-0.2, 0) is 9.59 Å². The van der Waals surface area contributed by atoms with Crippen molar-refractivity contribution in [2.24, 2.45) is 0 Å². The van der Waals surface area contributed by atoms with E-state index in [4.69, 9.17) is 9.47 Å². The maximum atomic E-state index is 14.1. The highest BCUT2D eigenvalue weighted by atomic mass is 127. The number of amides is 2. The average Bonchev–Trinajstić information content (AvgIpc) is 3.34. The highest BCUT2D eigenvalue weighted by Crippen LogP contribution is 2.38. The molecule has 3 rings (SSSR count). The number of ether oxygens (including phenoxy) is 2. The molecule has 1 aromatic carbocycles. The Morgan fingerprint density at radius 1 is 1.02 bits per heavy atom. The van der Waals surface area contributed by atoms with Gasteiger partial charge in [-0.2, -0.15) is 0 Å². The van der Waals surface area contributed by atoms with Crippen molar-refractivity contribution in [3.63, 3.8) is 0 Å². The third kappa shape index (κ3) is 11.5. The highest BCUT2D eigenvalue weighted by Gasteiger charge is 2.43. The Morgan fingerprint density at radius 2 is 1.67 bits per heavy atom. The fraction of sp³-hybridized carbons (Fsp3) is 0.694. The Morgan fingerprint density at radius 3 is 2.28 bits per heavy atom. The van der Waals surface area contributed by atoms with Gasteiger partial charge in [-0.1, -0.05) is 84.0 Å². The van der Waals surface area contributed by atoms with Crippen molar-refractivity contribution in [2.45, 2.75) is 140 Å². The first-order valence-corrected chi connectivity index (χ1v) is 18.5. The molecular weight excluding hydrogens is 699 g/mol. The molecule has 3 atom stereocenters. The average molecular weight is 755 g/mol. The molecule has 9 nitrogen and oxygen atoms in total. The van der Waals surface area contributed by atoms with Crippen molar-refractivity contribution in [3.8, 4) is 11.5 Å². The van der Waals surface area contributed by atoms with Crippen molar-refractivity contribution in [3.05, 3.63) is 32.9 Å². The van der Waals surface area contributed by atoms with Gasteiger partial charge in [0.2, 0.25) is 11.8 Å². The number of nitrogens with one attached hydrogen (secondary N) is 1. The second-order valence-electron chi connectivity index (χ2n) is 12.7. The first-order valence-electron chi connectivity index (χ1n) is 17.4. The van der Waals surface area contributed by atoms with E-state index < -0.39 is 18.2 Å². The molecule has 1 fully saturated rings. The molecule has 258 valence electrons. The van der Waals surface area contributed by atoms with Crippen LogP contribution in [0.2, 0.25) is 0 Å². The molecule has 3 N–H and O–H groups in total. The highest BCUT2D eigenvalue weighted by molar-refractivity contribution is 14.1. The molecule has 2 aliphatic rings. The third-order valence-electron chi connectivity index (χ3n) is 9.21. The predicted octanol–water partition coefficient (Wildman–Crippen LogP) is 6.50. The van der Waals surface area contributed by atoms with Crippen molar-refractivity contribution >= 4 is 40.7 Å². The van der Waals surface area contributed by atoms with Gasteiger partial charge in [0.1, 0.15) is 18.5 Å². The summed E-state index contributed by atoms with van der Waals surface area (Å²) in [7, 11) is 1.48. The number of carbonyl (C=O) groups excluding carboxylic acids is 3. The predicted molar refractivity (Wildman–Crippen MR) is 188 cm³/mol. The minimum absolute atomic E-state index is 0.0183. The third-order valence-corrected chi connectivity index (χ3v) is 10.0. The van der Waals surface area contributed by atoms with Gasteiger partial charge in [-0.05, 0) is 60.1 Å². The van der Waals surface area contributed by atoms with Crippen molar-refractivity contribution in [1.29, 1.82) is 0 Å². The van der Waals surface area contributed by atoms with Crippen LogP contribution in [0.3, 0.4) is 0 Å². The van der Waals surface area contributed by atoms with Gasteiger partial charge in [-0.3, -0.25) is 14.4 Å². The van der Waals surface area contributed by atoms with Crippen LogP contribution in [0, 0.1) is 3.57 Å². The molecule has 3 unspecified atom stereocenters. The molecule has 0 aromatic heterocycles. The Labute approximate surface area is 289 Å². The zero-order chi connectivity index (χ0) is 33.3. The van der Waals surface area contributed by atoms with Gasteiger partial charge < -0.3 is 29.9 Å². The fourth-order valence-electron chi connectivity index (χ4n) is 6.72. The summed E-state index contributed by atoms with van der Waals surface area (Å²) in [4.78, 5) is 40.7. The van der Waals surface area contributed by atoms with E-state index in [1.165, 1.54) is 45.6 Å². The van der Waals surface area contributed by atoms with Crippen LogP contribution >= 0.6 is 22.6 Å². The Bertz CT molecular complexity index is 1140. The van der Waals surface area contributed by atoms with Crippen LogP contribution in [0.1, 0.15) is 126 Å². The zero-order valence-electron chi connectivity index (χ0n) is 27.8. The molecule has 0 aliphatic heterocycles. The minimum atomic E-state index is -1.10. The lowest BCUT2D eigenvalue weighted by Gasteiger charge is -2.44. The van der Waals surface area contributed by atoms with Crippen molar-refractivity contribution in [1.82, 2.24) is 10.2 Å². The Hall–Kier alpha value is -2.18. The van der Waals surface area contributed by atoms with Gasteiger partial charge in [0.25, 0.3) is 0 Å². The number of halogens is 1. The molecule has 2 amide bonds. The lowest BCUT2D eigenvalue weighted by atomic mass is 9.86. The van der Waals surface area contributed by atoms with Crippen LogP contribution in [-0.4, -0.2) is 77.8 Å². The van der Waals surface area contributed by atoms with Gasteiger partial charge in [0.05, 0.1) is 23.3 Å². The van der Waals surface area contributed by atoms with E-state index in [0.717, 1.165) is 64.1 Å². The number of carbonyl (C=O) groups is 3. The number of hydrogen-bond donors (Lipinski definition) is 3. The molecule has 0 radical (unpaired) electrons. The molecule has 0 bridgehead atoms. The number of unbranched alkanes of at least 4 members (excludes halogenated alkanes) is 8. The number of methoxy groups -OCH3 is 1. The number of aldehydes is 1. The topological polar surface area (TPSA) is 125 Å². The standard InChI is InChI=1S/C36H55IN2O7/c1-3-4-5-6-7-8-9-10-15-18-33(42)39(28-16-13-11-12-14-17-28)30-23-27(36(44)38-19-20-40)24-31(34(30)43)46-35-29(37)21-26(25-41)22-32(35)45-2/h21-22,24-25,28,30-31,34,40,43H,3-20,23H2,1-2H3,(H,38,44). The monoisotopic (exact) mass is 754 g/mol. The van der Waals surface area contributed by atoms with E-state index in [0.29, 0.717) is 32.6 Å². The van der Waals surface area contributed by atoms with Gasteiger partial charge in [0, 0.05) is 36.6 Å². The second-order valence-corrected chi connectivity index (χ2v) is 13.9. The molecule has 2 aliphatic carbocycles.